The standard InChI is InChI=1S/C14H13F16NO2/c1-3-4-5-31-6(32)33-14(29,30)13(27,28)12(25,26)11(23,24)10(21,22)9(19,20)8(17,18)7(2,15)16/h3-5H2,1-2H3,(H,31,32). The van der Waals surface area contributed by atoms with Crippen LogP contribution < -0.4 is 5.32 Å². The first-order valence-corrected chi connectivity index (χ1v) is 8.20. The van der Waals surface area contributed by atoms with Gasteiger partial charge in [-0.25, -0.2) is 4.79 Å². The molecule has 0 aliphatic heterocycles. The lowest BCUT2D eigenvalue weighted by Gasteiger charge is -2.42. The molecule has 0 heterocycles. The Morgan fingerprint density at radius 2 is 0.970 bits per heavy atom. The smallest absolute Gasteiger partial charge is 0.379 e. The predicted octanol–water partition coefficient (Wildman–Crippen LogP) is 6.57. The summed E-state index contributed by atoms with van der Waals surface area (Å²) in [5.74, 6) is -55.5. The van der Waals surface area contributed by atoms with Gasteiger partial charge in [0.25, 0.3) is 0 Å². The summed E-state index contributed by atoms with van der Waals surface area (Å²) in [5.41, 5.74) is 0. The number of unbranched alkanes of at least 4 members (excludes halogenated alkanes) is 1. The van der Waals surface area contributed by atoms with Gasteiger partial charge in [0.1, 0.15) is 0 Å². The van der Waals surface area contributed by atoms with E-state index in [-0.39, 0.29) is 12.8 Å². The Kier molecular flexibility index (Phi) is 8.25. The van der Waals surface area contributed by atoms with Gasteiger partial charge in [-0.3, -0.25) is 0 Å². The highest BCUT2D eigenvalue weighted by Gasteiger charge is 2.95. The molecule has 0 saturated carbocycles. The van der Waals surface area contributed by atoms with E-state index in [2.05, 4.69) is 4.74 Å². The fourth-order valence-corrected chi connectivity index (χ4v) is 1.83. The van der Waals surface area contributed by atoms with E-state index in [9.17, 15) is 75.0 Å². The van der Waals surface area contributed by atoms with Gasteiger partial charge >= 0.3 is 53.7 Å². The molecule has 0 aliphatic rings. The van der Waals surface area contributed by atoms with Crippen LogP contribution in [0.1, 0.15) is 26.7 Å². The number of hydrogen-bond donors (Lipinski definition) is 1. The van der Waals surface area contributed by atoms with Crippen LogP contribution in [-0.4, -0.2) is 60.2 Å². The number of alkyl halides is 16. The quantitative estimate of drug-likeness (QED) is 0.242. The van der Waals surface area contributed by atoms with Gasteiger partial charge in [-0.1, -0.05) is 13.3 Å². The van der Waals surface area contributed by atoms with Crippen molar-refractivity contribution in [2.45, 2.75) is 74.3 Å². The first-order chi connectivity index (χ1) is 14.2. The molecule has 0 saturated heterocycles. The van der Waals surface area contributed by atoms with Gasteiger partial charge in [0.15, 0.2) is 0 Å². The maximum atomic E-state index is 13.5. The zero-order chi connectivity index (χ0) is 27.1. The summed E-state index contributed by atoms with van der Waals surface area (Å²) in [6, 6.07) is 0. The Morgan fingerprint density at radius 3 is 1.30 bits per heavy atom. The highest BCUT2D eigenvalue weighted by atomic mass is 19.4. The molecule has 0 aromatic heterocycles. The number of alkyl carbamates (subject to hydrolysis) is 1. The molecule has 0 fully saturated rings. The highest BCUT2D eigenvalue weighted by molar-refractivity contribution is 5.67. The van der Waals surface area contributed by atoms with Crippen LogP contribution in [0.15, 0.2) is 0 Å². The van der Waals surface area contributed by atoms with Crippen LogP contribution in [0.3, 0.4) is 0 Å². The number of nitrogens with one attached hydrogen (secondary N) is 1. The molecule has 0 spiro atoms. The zero-order valence-corrected chi connectivity index (χ0v) is 16.0. The predicted molar refractivity (Wildman–Crippen MR) is 74.6 cm³/mol. The zero-order valence-electron chi connectivity index (χ0n) is 16.0. The normalized spacial score (nSPS) is 15.5. The molecular weight excluding hydrogens is 518 g/mol. The summed E-state index contributed by atoms with van der Waals surface area (Å²) in [5, 5.41) is 1.24. The Morgan fingerprint density at radius 1 is 0.636 bits per heavy atom. The second-order valence-corrected chi connectivity index (χ2v) is 6.52. The van der Waals surface area contributed by atoms with Crippen LogP contribution in [-0.2, 0) is 4.74 Å². The second-order valence-electron chi connectivity index (χ2n) is 6.52. The lowest BCUT2D eigenvalue weighted by Crippen LogP contribution is -2.74. The van der Waals surface area contributed by atoms with Gasteiger partial charge in [0.05, 0.1) is 0 Å². The average molecular weight is 531 g/mol. The lowest BCUT2D eigenvalue weighted by molar-refractivity contribution is -0.467. The highest BCUT2D eigenvalue weighted by Crippen LogP contribution is 2.63. The third-order valence-corrected chi connectivity index (χ3v) is 3.91. The largest absolute Gasteiger partial charge is 0.474 e. The first-order valence-electron chi connectivity index (χ1n) is 8.20. The van der Waals surface area contributed by atoms with E-state index in [0.717, 1.165) is 0 Å². The maximum Gasteiger partial charge on any atom is 0.474 e. The van der Waals surface area contributed by atoms with Gasteiger partial charge in [-0.15, -0.1) is 0 Å². The summed E-state index contributed by atoms with van der Waals surface area (Å²) >= 11 is 0. The molecule has 1 amide bonds. The minimum Gasteiger partial charge on any atom is -0.379 e. The molecule has 33 heavy (non-hydrogen) atoms. The van der Waals surface area contributed by atoms with E-state index in [4.69, 9.17) is 0 Å². The molecule has 0 aliphatic carbocycles. The van der Waals surface area contributed by atoms with Crippen molar-refractivity contribution in [2.24, 2.45) is 0 Å². The van der Waals surface area contributed by atoms with E-state index in [1.165, 1.54) is 12.2 Å². The Balaban J connectivity index is 6.39. The van der Waals surface area contributed by atoms with Crippen LogP contribution in [0.5, 0.6) is 0 Å². The van der Waals surface area contributed by atoms with Crippen molar-refractivity contribution in [3.63, 3.8) is 0 Å². The number of hydrogen-bond acceptors (Lipinski definition) is 2. The summed E-state index contributed by atoms with van der Waals surface area (Å²) in [6.45, 7) is -0.429. The summed E-state index contributed by atoms with van der Waals surface area (Å²) < 4.78 is 215. The van der Waals surface area contributed by atoms with Crippen LogP contribution in [0.2, 0.25) is 0 Å². The minimum absolute atomic E-state index is 0.0527. The van der Waals surface area contributed by atoms with Crippen molar-refractivity contribution < 1.29 is 79.8 Å². The Hall–Kier alpha value is -1.85. The topological polar surface area (TPSA) is 38.3 Å². The average Bonchev–Trinajstić information content (AvgIpc) is 2.59. The molecule has 198 valence electrons. The molecule has 0 aromatic rings. The van der Waals surface area contributed by atoms with Gasteiger partial charge in [-0.05, 0) is 6.42 Å². The van der Waals surface area contributed by atoms with E-state index < -0.39 is 67.1 Å². The molecule has 0 bridgehead atoms. The van der Waals surface area contributed by atoms with Gasteiger partial charge in [0.2, 0.25) is 0 Å². The Labute approximate surface area is 173 Å². The molecule has 0 radical (unpaired) electrons. The van der Waals surface area contributed by atoms with Crippen molar-refractivity contribution in [1.82, 2.24) is 5.32 Å². The van der Waals surface area contributed by atoms with E-state index in [1.54, 1.807) is 0 Å². The van der Waals surface area contributed by atoms with Crippen molar-refractivity contribution in [3.05, 3.63) is 0 Å². The SMILES string of the molecule is CCCCNC(=O)OC(F)(F)C(F)(F)C(F)(F)C(F)(F)C(F)(F)C(F)(F)C(F)(F)C(C)(F)F. The first kappa shape index (κ1) is 31.1. The summed E-state index contributed by atoms with van der Waals surface area (Å²) in [6.07, 6.45) is -9.63. The minimum atomic E-state index is -8.55. The number of carbonyl (C=O) groups excluding carboxylic acids is 1. The van der Waals surface area contributed by atoms with Gasteiger partial charge < -0.3 is 10.1 Å². The van der Waals surface area contributed by atoms with Crippen molar-refractivity contribution in [3.8, 4) is 0 Å². The van der Waals surface area contributed by atoms with E-state index in [1.807, 2.05) is 0 Å². The fraction of sp³-hybridized carbons (Fsp3) is 0.929. The molecule has 0 atom stereocenters. The van der Waals surface area contributed by atoms with Crippen LogP contribution >= 0.6 is 0 Å². The molecular formula is C14H13F16NO2. The van der Waals surface area contributed by atoms with Crippen molar-refractivity contribution in [2.75, 3.05) is 6.54 Å². The van der Waals surface area contributed by atoms with Crippen molar-refractivity contribution in [1.29, 1.82) is 0 Å². The number of halogens is 16. The number of carbonyl (C=O) groups is 1. The van der Waals surface area contributed by atoms with Crippen molar-refractivity contribution >= 4 is 6.09 Å². The number of rotatable bonds is 11. The molecule has 0 rings (SSSR count). The molecule has 0 unspecified atom stereocenters. The fourth-order valence-electron chi connectivity index (χ4n) is 1.83. The third kappa shape index (κ3) is 4.72. The third-order valence-electron chi connectivity index (χ3n) is 3.91. The molecule has 3 nitrogen and oxygen atoms in total. The lowest BCUT2D eigenvalue weighted by atomic mass is 9.89. The number of amides is 1. The Bertz CT molecular complexity index is 700. The van der Waals surface area contributed by atoms with Crippen LogP contribution in [0.25, 0.3) is 0 Å². The van der Waals surface area contributed by atoms with Crippen LogP contribution in [0, 0.1) is 0 Å². The molecule has 1 N–H and O–H groups in total. The summed E-state index contributed by atoms with van der Waals surface area (Å²) in [7, 11) is 0. The summed E-state index contributed by atoms with van der Waals surface area (Å²) in [4.78, 5) is 10.9. The van der Waals surface area contributed by atoms with E-state index in [0.29, 0.717) is 0 Å². The monoisotopic (exact) mass is 531 g/mol. The second kappa shape index (κ2) is 8.74. The van der Waals surface area contributed by atoms with Crippen LogP contribution in [0.4, 0.5) is 75.0 Å². The number of ether oxygens (including phenoxy) is 1. The van der Waals surface area contributed by atoms with Gasteiger partial charge in [0, 0.05) is 13.5 Å². The molecule has 19 heteroatoms. The van der Waals surface area contributed by atoms with E-state index >= 15 is 0 Å². The maximum absolute atomic E-state index is 13.5. The van der Waals surface area contributed by atoms with Gasteiger partial charge in [-0.2, -0.15) is 70.2 Å². The molecule has 0 aromatic carbocycles.